The van der Waals surface area contributed by atoms with Crippen LogP contribution >= 0.6 is 11.8 Å². The van der Waals surface area contributed by atoms with E-state index in [1.54, 1.807) is 24.3 Å². The Morgan fingerprint density at radius 3 is 2.37 bits per heavy atom. The Balaban J connectivity index is 2.24. The first-order valence-corrected chi connectivity index (χ1v) is 9.47. The summed E-state index contributed by atoms with van der Waals surface area (Å²) in [4.78, 5) is 50.0. The lowest BCUT2D eigenvalue weighted by atomic mass is 10.2. The first-order chi connectivity index (χ1) is 12.8. The standard InChI is InChI=1S/C18H21N3O5S/c1-4-9-21-15(19)14(16(23)20(2)18(21)25)13(22)10-26-17(24)11-5-7-12(27-3)8-6-11/h5-8H,4,9-10,19H2,1-3H3. The lowest BCUT2D eigenvalue weighted by Gasteiger charge is -2.13. The van der Waals surface area contributed by atoms with Crippen LogP contribution < -0.4 is 17.0 Å². The quantitative estimate of drug-likeness (QED) is 0.430. The lowest BCUT2D eigenvalue weighted by molar-refractivity contribution is 0.0474. The van der Waals surface area contributed by atoms with E-state index in [2.05, 4.69) is 0 Å². The Kier molecular flexibility index (Phi) is 6.62. The van der Waals surface area contributed by atoms with Crippen molar-refractivity contribution >= 4 is 29.3 Å². The molecule has 0 spiro atoms. The molecule has 8 nitrogen and oxygen atoms in total. The number of aromatic nitrogens is 2. The maximum atomic E-state index is 12.5. The van der Waals surface area contributed by atoms with Crippen molar-refractivity contribution in [2.75, 3.05) is 18.6 Å². The van der Waals surface area contributed by atoms with Gasteiger partial charge < -0.3 is 10.5 Å². The number of ketones is 1. The highest BCUT2D eigenvalue weighted by molar-refractivity contribution is 7.98. The maximum absolute atomic E-state index is 12.5. The molecule has 2 rings (SSSR count). The van der Waals surface area contributed by atoms with Crippen LogP contribution in [0.3, 0.4) is 0 Å². The second-order valence-corrected chi connectivity index (χ2v) is 6.67. The molecular weight excluding hydrogens is 370 g/mol. The van der Waals surface area contributed by atoms with E-state index in [0.717, 1.165) is 14.0 Å². The molecule has 144 valence electrons. The van der Waals surface area contributed by atoms with E-state index in [-0.39, 0.29) is 23.5 Å². The van der Waals surface area contributed by atoms with Crippen LogP contribution in [-0.2, 0) is 18.3 Å². The van der Waals surface area contributed by atoms with Crippen LogP contribution in [0.2, 0.25) is 0 Å². The number of benzene rings is 1. The molecule has 1 aromatic heterocycles. The normalized spacial score (nSPS) is 10.6. The molecule has 0 saturated carbocycles. The van der Waals surface area contributed by atoms with E-state index in [1.807, 2.05) is 13.2 Å². The Morgan fingerprint density at radius 1 is 1.19 bits per heavy atom. The van der Waals surface area contributed by atoms with Crippen LogP contribution in [0, 0.1) is 0 Å². The number of nitrogens with two attached hydrogens (primary N) is 1. The van der Waals surface area contributed by atoms with Crippen molar-refractivity contribution in [2.24, 2.45) is 7.05 Å². The summed E-state index contributed by atoms with van der Waals surface area (Å²) in [5.74, 6) is -1.66. The van der Waals surface area contributed by atoms with Crippen molar-refractivity contribution < 1.29 is 14.3 Å². The molecule has 0 fully saturated rings. The van der Waals surface area contributed by atoms with Crippen molar-refractivity contribution in [1.82, 2.24) is 9.13 Å². The van der Waals surface area contributed by atoms with Gasteiger partial charge in [-0.15, -0.1) is 11.8 Å². The zero-order valence-electron chi connectivity index (χ0n) is 15.4. The zero-order chi connectivity index (χ0) is 20.1. The number of nitrogen functional groups attached to an aromatic ring is 1. The largest absolute Gasteiger partial charge is 0.454 e. The molecule has 0 aliphatic carbocycles. The fraction of sp³-hybridized carbons (Fsp3) is 0.333. The minimum atomic E-state index is -0.810. The molecule has 0 aliphatic heterocycles. The average molecular weight is 391 g/mol. The van der Waals surface area contributed by atoms with Crippen LogP contribution in [0.1, 0.15) is 34.1 Å². The minimum absolute atomic E-state index is 0.213. The number of esters is 1. The monoisotopic (exact) mass is 391 g/mol. The zero-order valence-corrected chi connectivity index (χ0v) is 16.2. The fourth-order valence-corrected chi connectivity index (χ4v) is 2.91. The average Bonchev–Trinajstić information content (AvgIpc) is 2.68. The Bertz CT molecular complexity index is 976. The third-order valence-corrected chi connectivity index (χ3v) is 4.71. The van der Waals surface area contributed by atoms with Gasteiger partial charge in [0, 0.05) is 18.5 Å². The molecule has 0 unspecified atom stereocenters. The van der Waals surface area contributed by atoms with Gasteiger partial charge in [0.25, 0.3) is 5.56 Å². The number of rotatable bonds is 7. The minimum Gasteiger partial charge on any atom is -0.454 e. The highest BCUT2D eigenvalue weighted by Crippen LogP contribution is 2.15. The molecule has 1 heterocycles. The smallest absolute Gasteiger partial charge is 0.338 e. The van der Waals surface area contributed by atoms with Crippen LogP contribution in [0.15, 0.2) is 38.8 Å². The van der Waals surface area contributed by atoms with Gasteiger partial charge >= 0.3 is 11.7 Å². The van der Waals surface area contributed by atoms with E-state index in [4.69, 9.17) is 10.5 Å². The van der Waals surface area contributed by atoms with Gasteiger partial charge in [-0.05, 0) is 36.9 Å². The molecule has 0 saturated heterocycles. The van der Waals surface area contributed by atoms with Crippen molar-refractivity contribution in [1.29, 1.82) is 0 Å². The first kappa shape index (κ1) is 20.5. The van der Waals surface area contributed by atoms with Gasteiger partial charge in [-0.25, -0.2) is 9.59 Å². The fourth-order valence-electron chi connectivity index (χ4n) is 2.50. The van der Waals surface area contributed by atoms with Crippen molar-refractivity contribution in [3.8, 4) is 0 Å². The highest BCUT2D eigenvalue weighted by atomic mass is 32.2. The van der Waals surface area contributed by atoms with E-state index in [9.17, 15) is 19.2 Å². The third kappa shape index (κ3) is 4.30. The van der Waals surface area contributed by atoms with Gasteiger partial charge in [-0.3, -0.25) is 18.7 Å². The molecule has 2 aromatic rings. The molecule has 0 bridgehead atoms. The number of carbonyl (C=O) groups excluding carboxylic acids is 2. The van der Waals surface area contributed by atoms with Gasteiger partial charge in [0.1, 0.15) is 11.4 Å². The molecule has 0 aliphatic rings. The summed E-state index contributed by atoms with van der Waals surface area (Å²) >= 11 is 1.53. The van der Waals surface area contributed by atoms with Gasteiger partial charge in [-0.2, -0.15) is 0 Å². The number of thioether (sulfide) groups is 1. The Labute approximate surface area is 159 Å². The van der Waals surface area contributed by atoms with Crippen molar-refractivity contribution in [2.45, 2.75) is 24.8 Å². The van der Waals surface area contributed by atoms with Gasteiger partial charge in [0.15, 0.2) is 6.61 Å². The van der Waals surface area contributed by atoms with E-state index in [1.165, 1.54) is 18.8 Å². The van der Waals surface area contributed by atoms with Gasteiger partial charge in [-0.1, -0.05) is 6.92 Å². The number of ether oxygens (including phenoxy) is 1. The SMILES string of the molecule is CCCn1c(N)c(C(=O)COC(=O)c2ccc(SC)cc2)c(=O)n(C)c1=O. The second kappa shape index (κ2) is 8.72. The first-order valence-electron chi connectivity index (χ1n) is 8.25. The van der Waals surface area contributed by atoms with Gasteiger partial charge in [0.2, 0.25) is 5.78 Å². The number of Topliss-reactive ketones (excluding diaryl/α,β-unsaturated/α-hetero) is 1. The summed E-state index contributed by atoms with van der Waals surface area (Å²) in [7, 11) is 1.27. The third-order valence-electron chi connectivity index (χ3n) is 3.97. The summed E-state index contributed by atoms with van der Waals surface area (Å²) in [6, 6.07) is 6.70. The molecule has 0 amide bonds. The predicted octanol–water partition coefficient (Wildman–Crippen LogP) is 1.30. The summed E-state index contributed by atoms with van der Waals surface area (Å²) in [6.07, 6.45) is 2.51. The molecule has 27 heavy (non-hydrogen) atoms. The van der Waals surface area contributed by atoms with E-state index < -0.39 is 29.6 Å². The number of nitrogens with zero attached hydrogens (tertiary/aromatic N) is 2. The van der Waals surface area contributed by atoms with Crippen molar-refractivity contribution in [3.63, 3.8) is 0 Å². The number of hydrogen-bond acceptors (Lipinski definition) is 7. The topological polar surface area (TPSA) is 113 Å². The Morgan fingerprint density at radius 2 is 1.81 bits per heavy atom. The van der Waals surface area contributed by atoms with Crippen molar-refractivity contribution in [3.05, 3.63) is 56.2 Å². The summed E-state index contributed by atoms with van der Waals surface area (Å²) in [6.45, 7) is 1.45. The predicted molar refractivity (Wildman–Crippen MR) is 103 cm³/mol. The molecule has 0 atom stereocenters. The van der Waals surface area contributed by atoms with Crippen LogP contribution in [0.25, 0.3) is 0 Å². The maximum Gasteiger partial charge on any atom is 0.338 e. The van der Waals surface area contributed by atoms with Crippen LogP contribution in [-0.4, -0.2) is 33.7 Å². The van der Waals surface area contributed by atoms with E-state index >= 15 is 0 Å². The lowest BCUT2D eigenvalue weighted by Crippen LogP contribution is -2.43. The summed E-state index contributed by atoms with van der Waals surface area (Å²) < 4.78 is 7.00. The Hall–Kier alpha value is -2.81. The number of anilines is 1. The molecule has 0 radical (unpaired) electrons. The van der Waals surface area contributed by atoms with Gasteiger partial charge in [0.05, 0.1) is 5.56 Å². The summed E-state index contributed by atoms with van der Waals surface area (Å²) in [5, 5.41) is 0. The second-order valence-electron chi connectivity index (χ2n) is 5.79. The summed E-state index contributed by atoms with van der Waals surface area (Å²) in [5.41, 5.74) is 4.41. The molecule has 9 heteroatoms. The van der Waals surface area contributed by atoms with E-state index in [0.29, 0.717) is 6.42 Å². The molecular formula is C18H21N3O5S. The number of hydrogen-bond donors (Lipinski definition) is 1. The molecule has 1 aromatic carbocycles. The number of carbonyl (C=O) groups is 2. The van der Waals surface area contributed by atoms with Crippen LogP contribution in [0.4, 0.5) is 5.82 Å². The molecule has 2 N–H and O–H groups in total. The highest BCUT2D eigenvalue weighted by Gasteiger charge is 2.22. The van der Waals surface area contributed by atoms with Crippen LogP contribution in [0.5, 0.6) is 0 Å².